The van der Waals surface area contributed by atoms with Gasteiger partial charge in [-0.15, -0.1) is 0 Å². The van der Waals surface area contributed by atoms with Crippen LogP contribution in [0.1, 0.15) is 51.4 Å². The summed E-state index contributed by atoms with van der Waals surface area (Å²) in [6, 6.07) is 0. The van der Waals surface area contributed by atoms with Crippen molar-refractivity contribution in [3.8, 4) is 0 Å². The Morgan fingerprint density at radius 2 is 1.24 bits per heavy atom. The number of rotatable bonds is 2. The number of hydrogen-bond acceptors (Lipinski definition) is 0. The van der Waals surface area contributed by atoms with Crippen molar-refractivity contribution in [2.24, 2.45) is 0 Å². The molecule has 0 N–H and O–H groups in total. The molecule has 0 aromatic carbocycles. The van der Waals surface area contributed by atoms with Gasteiger partial charge in [-0.2, -0.15) is 0 Å². The van der Waals surface area contributed by atoms with Gasteiger partial charge in [0.1, 0.15) is 0 Å². The van der Waals surface area contributed by atoms with E-state index < -0.39 is 0 Å². The van der Waals surface area contributed by atoms with Gasteiger partial charge in [0.25, 0.3) is 0 Å². The molecule has 0 fully saturated rings. The zero-order valence-electron chi connectivity index (χ0n) is 10.4. The molecule has 0 aliphatic heterocycles. The average Bonchev–Trinajstić information content (AvgIpc) is 2.24. The molecule has 2 rings (SSSR count). The Balaban J connectivity index is 1.93. The average molecular weight is 273 g/mol. The Morgan fingerprint density at radius 1 is 0.706 bits per heavy atom. The molecule has 0 aromatic rings. The van der Waals surface area contributed by atoms with Crippen molar-refractivity contribution >= 4 is 0 Å². The molecule has 0 nitrogen and oxygen atoms in total. The molecule has 0 atom stereocenters. The molecule has 2 aliphatic rings. The summed E-state index contributed by atoms with van der Waals surface area (Å²) < 4.78 is 3.22. The van der Waals surface area contributed by atoms with Gasteiger partial charge in [-0.25, -0.2) is 0 Å². The Labute approximate surface area is 111 Å². The Kier molecular flexibility index (Phi) is 5.86. The van der Waals surface area contributed by atoms with E-state index >= 15 is 0 Å². The zero-order valence-corrected chi connectivity index (χ0v) is 11.4. The van der Waals surface area contributed by atoms with Crippen LogP contribution in [-0.2, 0) is 14.4 Å². The second kappa shape index (κ2) is 7.72. The second-order valence-electron chi connectivity index (χ2n) is 4.50. The van der Waals surface area contributed by atoms with E-state index in [-0.39, 0.29) is 0 Å². The molecule has 0 heterocycles. The van der Waals surface area contributed by atoms with Crippen molar-refractivity contribution in [1.29, 1.82) is 0 Å². The maximum absolute atomic E-state index is 2.42. The third-order valence-corrected chi connectivity index (χ3v) is 4.54. The van der Waals surface area contributed by atoms with Crippen molar-refractivity contribution in [2.45, 2.75) is 51.4 Å². The van der Waals surface area contributed by atoms with E-state index in [9.17, 15) is 0 Å². The molecular formula is C16H22Ni. The molecule has 0 saturated carbocycles. The van der Waals surface area contributed by atoms with E-state index in [1.807, 2.05) is 14.4 Å². The van der Waals surface area contributed by atoms with E-state index in [0.29, 0.717) is 0 Å². The number of hydrogen-bond donors (Lipinski definition) is 0. The van der Waals surface area contributed by atoms with Crippen LogP contribution >= 0.6 is 0 Å². The van der Waals surface area contributed by atoms with E-state index in [1.54, 1.807) is 9.09 Å². The van der Waals surface area contributed by atoms with Gasteiger partial charge in [0.15, 0.2) is 0 Å². The van der Waals surface area contributed by atoms with Gasteiger partial charge in [-0.1, -0.05) is 0 Å². The third kappa shape index (κ3) is 5.08. The van der Waals surface area contributed by atoms with Gasteiger partial charge < -0.3 is 0 Å². The topological polar surface area (TPSA) is 0 Å². The molecule has 0 spiro atoms. The molecule has 96 valence electrons. The Hall–Kier alpha value is -0.546. The van der Waals surface area contributed by atoms with Crippen LogP contribution < -0.4 is 0 Å². The summed E-state index contributed by atoms with van der Waals surface area (Å²) in [5, 5.41) is 0. The minimum absolute atomic E-state index is 1.13. The van der Waals surface area contributed by atoms with E-state index in [4.69, 9.17) is 0 Å². The van der Waals surface area contributed by atoms with Gasteiger partial charge in [-0.05, 0) is 0 Å². The summed E-state index contributed by atoms with van der Waals surface area (Å²) in [5.41, 5.74) is 0. The van der Waals surface area contributed by atoms with Crippen LogP contribution in [0.2, 0.25) is 0 Å². The van der Waals surface area contributed by atoms with Gasteiger partial charge >= 0.3 is 111 Å². The minimum atomic E-state index is 1.13. The second-order valence-corrected chi connectivity index (χ2v) is 6.02. The predicted molar refractivity (Wildman–Crippen MR) is 71.4 cm³/mol. The van der Waals surface area contributed by atoms with Crippen LogP contribution in [0.15, 0.2) is 45.5 Å². The summed E-state index contributed by atoms with van der Waals surface area (Å²) in [6.45, 7) is 0. The van der Waals surface area contributed by atoms with Crippen molar-refractivity contribution < 1.29 is 14.4 Å². The first kappa shape index (κ1) is 12.9. The summed E-state index contributed by atoms with van der Waals surface area (Å²) in [4.78, 5) is 0. The van der Waals surface area contributed by atoms with E-state index in [0.717, 1.165) is 12.8 Å². The number of allylic oxidation sites excluding steroid dienone is 8. The standard InChI is InChI=1S/2C8H11.Ni/c2*1-2-4-6-8-7-5-3-1;/h2*1-2,5H,3-4,6,8H2;. The fourth-order valence-electron chi connectivity index (χ4n) is 2.04. The van der Waals surface area contributed by atoms with Gasteiger partial charge in [-0.3, -0.25) is 0 Å². The molecule has 0 bridgehead atoms. The van der Waals surface area contributed by atoms with Crippen LogP contribution in [0, 0.1) is 0 Å². The van der Waals surface area contributed by atoms with Gasteiger partial charge in [0.05, 0.1) is 0 Å². The van der Waals surface area contributed by atoms with Crippen LogP contribution in [-0.4, -0.2) is 0 Å². The van der Waals surface area contributed by atoms with Crippen molar-refractivity contribution in [3.05, 3.63) is 45.5 Å². The Morgan fingerprint density at radius 3 is 1.76 bits per heavy atom. The van der Waals surface area contributed by atoms with Gasteiger partial charge in [0, 0.05) is 0 Å². The monoisotopic (exact) mass is 272 g/mol. The van der Waals surface area contributed by atoms with Crippen molar-refractivity contribution in [1.82, 2.24) is 0 Å². The van der Waals surface area contributed by atoms with Crippen molar-refractivity contribution in [2.75, 3.05) is 0 Å². The quantitative estimate of drug-likeness (QED) is 0.485. The van der Waals surface area contributed by atoms with Crippen LogP contribution in [0.25, 0.3) is 0 Å². The SMILES string of the molecule is C1=CCCC[C]([Ni][C]2=CCC=CCCC2)=CC1. The molecule has 0 radical (unpaired) electrons. The summed E-state index contributed by atoms with van der Waals surface area (Å²) in [5.74, 6) is 0. The van der Waals surface area contributed by atoms with Gasteiger partial charge in [0.2, 0.25) is 0 Å². The normalized spacial score (nSPS) is 22.1. The molecule has 0 unspecified atom stereocenters. The zero-order chi connectivity index (χ0) is 11.8. The molecule has 1 heteroatoms. The molecule has 0 saturated heterocycles. The van der Waals surface area contributed by atoms with Crippen LogP contribution in [0.4, 0.5) is 0 Å². The predicted octanol–water partition coefficient (Wildman–Crippen LogP) is 5.10. The molecular weight excluding hydrogens is 251 g/mol. The van der Waals surface area contributed by atoms with Crippen LogP contribution in [0.3, 0.4) is 0 Å². The fraction of sp³-hybridized carbons (Fsp3) is 0.500. The maximum atomic E-state index is 2.42. The van der Waals surface area contributed by atoms with E-state index in [2.05, 4.69) is 36.5 Å². The first-order valence-electron chi connectivity index (χ1n) is 6.72. The van der Waals surface area contributed by atoms with Crippen LogP contribution in [0.5, 0.6) is 0 Å². The molecule has 17 heavy (non-hydrogen) atoms. The first-order valence-corrected chi connectivity index (χ1v) is 7.70. The molecule has 0 amide bonds. The first-order chi connectivity index (χ1) is 8.45. The third-order valence-electron chi connectivity index (χ3n) is 3.00. The molecule has 2 aliphatic carbocycles. The summed E-state index contributed by atoms with van der Waals surface area (Å²) in [7, 11) is 0. The fourth-order valence-corrected chi connectivity index (χ4v) is 3.48. The summed E-state index contributed by atoms with van der Waals surface area (Å²) in [6.07, 6.45) is 24.0. The Bertz CT molecular complexity index is 311. The van der Waals surface area contributed by atoms with Crippen molar-refractivity contribution in [3.63, 3.8) is 0 Å². The van der Waals surface area contributed by atoms with E-state index in [1.165, 1.54) is 38.5 Å². The molecule has 0 aromatic heterocycles. The summed E-state index contributed by atoms with van der Waals surface area (Å²) >= 11 is 1.84.